The zero-order chi connectivity index (χ0) is 24.2. The van der Waals surface area contributed by atoms with Crippen molar-refractivity contribution in [1.82, 2.24) is 4.98 Å². The lowest BCUT2D eigenvalue weighted by Gasteiger charge is -2.17. The second-order valence-corrected chi connectivity index (χ2v) is 8.55. The normalized spacial score (nSPS) is 11.5. The number of furan rings is 1. The molecule has 6 nitrogen and oxygen atoms in total. The molecule has 0 aliphatic rings. The van der Waals surface area contributed by atoms with Crippen LogP contribution < -0.4 is 4.74 Å². The number of hydrogen-bond acceptors (Lipinski definition) is 6. The fourth-order valence-electron chi connectivity index (χ4n) is 3.70. The minimum atomic E-state index is -1.33. The van der Waals surface area contributed by atoms with E-state index in [-0.39, 0.29) is 11.4 Å². The van der Waals surface area contributed by atoms with E-state index in [0.717, 1.165) is 10.4 Å². The molecule has 35 heavy (non-hydrogen) atoms. The third-order valence-corrected chi connectivity index (χ3v) is 6.25. The summed E-state index contributed by atoms with van der Waals surface area (Å²) in [6, 6.07) is 29.5. The molecule has 1 atom stereocenters. The van der Waals surface area contributed by atoms with E-state index in [1.807, 2.05) is 53.9 Å². The first kappa shape index (κ1) is 22.1. The van der Waals surface area contributed by atoms with Crippen LogP contribution in [0.1, 0.15) is 17.2 Å². The first-order chi connectivity index (χ1) is 17.1. The van der Waals surface area contributed by atoms with Gasteiger partial charge in [-0.15, -0.1) is 11.3 Å². The minimum absolute atomic E-state index is 0.0673. The van der Waals surface area contributed by atoms with E-state index in [9.17, 15) is 15.2 Å². The molecule has 0 radical (unpaired) electrons. The summed E-state index contributed by atoms with van der Waals surface area (Å²) in [7, 11) is 0. The van der Waals surface area contributed by atoms with Crippen molar-refractivity contribution >= 4 is 17.3 Å². The van der Waals surface area contributed by atoms with Gasteiger partial charge < -0.3 is 14.3 Å². The fraction of sp³-hybridized carbons (Fsp3) is 0.0357. The lowest BCUT2D eigenvalue weighted by atomic mass is 10.1. The van der Waals surface area contributed by atoms with Gasteiger partial charge in [-0.3, -0.25) is 0 Å². The first-order valence-electron chi connectivity index (χ1n) is 10.7. The van der Waals surface area contributed by atoms with Crippen molar-refractivity contribution in [3.05, 3.63) is 108 Å². The highest BCUT2D eigenvalue weighted by atomic mass is 32.1. The number of aliphatic carboxylic acids is 1. The number of nitriles is 1. The summed E-state index contributed by atoms with van der Waals surface area (Å²) >= 11 is 1.48. The zero-order valence-corrected chi connectivity index (χ0v) is 19.1. The van der Waals surface area contributed by atoms with Gasteiger partial charge in [-0.1, -0.05) is 66.7 Å². The average Bonchev–Trinajstić information content (AvgIpc) is 3.61. The van der Waals surface area contributed by atoms with Crippen LogP contribution in [0.25, 0.3) is 33.2 Å². The Labute approximate surface area is 205 Å². The molecule has 0 saturated heterocycles. The van der Waals surface area contributed by atoms with Gasteiger partial charge in [0.1, 0.15) is 23.2 Å². The molecular formula is C28H18N2O4S. The maximum Gasteiger partial charge on any atom is 0.349 e. The Balaban J connectivity index is 1.65. The number of rotatable bonds is 7. The van der Waals surface area contributed by atoms with Crippen molar-refractivity contribution in [3.8, 4) is 45.2 Å². The number of carboxylic acid groups (broad SMARTS) is 1. The molecule has 0 aliphatic heterocycles. The second-order valence-electron chi connectivity index (χ2n) is 7.60. The molecule has 7 heteroatoms. The fourth-order valence-corrected chi connectivity index (χ4v) is 4.39. The molecule has 0 aliphatic carbocycles. The number of nitrogens with zero attached hydrogens (tertiary/aromatic N) is 2. The highest BCUT2D eigenvalue weighted by Crippen LogP contribution is 2.38. The molecule has 5 rings (SSSR count). The van der Waals surface area contributed by atoms with E-state index in [0.29, 0.717) is 28.3 Å². The molecule has 0 amide bonds. The minimum Gasteiger partial charge on any atom is -0.478 e. The van der Waals surface area contributed by atoms with Gasteiger partial charge in [-0.2, -0.15) is 5.26 Å². The molecule has 0 saturated carbocycles. The van der Waals surface area contributed by atoms with Crippen molar-refractivity contribution in [2.24, 2.45) is 0 Å². The Morgan fingerprint density at radius 1 is 0.971 bits per heavy atom. The van der Waals surface area contributed by atoms with Crippen LogP contribution in [0.4, 0.5) is 0 Å². The van der Waals surface area contributed by atoms with Crippen LogP contribution in [-0.4, -0.2) is 16.1 Å². The van der Waals surface area contributed by atoms with Crippen LogP contribution in [0, 0.1) is 11.3 Å². The van der Waals surface area contributed by atoms with Gasteiger partial charge in [-0.25, -0.2) is 9.78 Å². The number of carboxylic acids is 1. The van der Waals surface area contributed by atoms with Crippen LogP contribution >= 0.6 is 11.3 Å². The highest BCUT2D eigenvalue weighted by molar-refractivity contribution is 7.13. The van der Waals surface area contributed by atoms with E-state index in [2.05, 4.69) is 11.1 Å². The Bertz CT molecular complexity index is 1500. The van der Waals surface area contributed by atoms with E-state index in [1.54, 1.807) is 42.5 Å². The topological polar surface area (TPSA) is 96.4 Å². The number of ether oxygens (including phenoxy) is 1. The molecule has 0 spiro atoms. The molecule has 3 heterocycles. The maximum absolute atomic E-state index is 12.1. The second kappa shape index (κ2) is 9.67. The number of thiophene rings is 1. The Kier molecular flexibility index (Phi) is 6.12. The molecular weight excluding hydrogens is 460 g/mol. The lowest BCUT2D eigenvalue weighted by Crippen LogP contribution is -2.19. The van der Waals surface area contributed by atoms with Crippen LogP contribution in [0.5, 0.6) is 5.88 Å². The van der Waals surface area contributed by atoms with Crippen molar-refractivity contribution in [2.45, 2.75) is 6.10 Å². The van der Waals surface area contributed by atoms with Crippen molar-refractivity contribution in [3.63, 3.8) is 0 Å². The van der Waals surface area contributed by atoms with Gasteiger partial charge in [0.2, 0.25) is 12.0 Å². The van der Waals surface area contributed by atoms with Gasteiger partial charge in [0.15, 0.2) is 0 Å². The van der Waals surface area contributed by atoms with E-state index < -0.39 is 12.1 Å². The third kappa shape index (κ3) is 4.56. The number of hydrogen-bond donors (Lipinski definition) is 1. The summed E-state index contributed by atoms with van der Waals surface area (Å²) in [5.41, 5.74) is 2.47. The SMILES string of the molecule is N#Cc1c(-c2ccc(-c3ccccc3)o2)cc(-c2cccs2)nc1OC(C(=O)O)c1ccccc1. The van der Waals surface area contributed by atoms with E-state index >= 15 is 0 Å². The van der Waals surface area contributed by atoms with Gasteiger partial charge in [-0.05, 0) is 29.6 Å². The monoisotopic (exact) mass is 478 g/mol. The summed E-state index contributed by atoms with van der Waals surface area (Å²) < 4.78 is 12.0. The molecule has 1 unspecified atom stereocenters. The van der Waals surface area contributed by atoms with Crippen molar-refractivity contribution in [2.75, 3.05) is 0 Å². The lowest BCUT2D eigenvalue weighted by molar-refractivity contribution is -0.145. The number of pyridine rings is 1. The summed E-state index contributed by atoms with van der Waals surface area (Å²) in [4.78, 5) is 17.5. The Morgan fingerprint density at radius 2 is 1.69 bits per heavy atom. The van der Waals surface area contributed by atoms with Gasteiger partial charge >= 0.3 is 5.97 Å². The smallest absolute Gasteiger partial charge is 0.349 e. The number of benzene rings is 2. The Morgan fingerprint density at radius 3 is 2.34 bits per heavy atom. The molecule has 0 bridgehead atoms. The Hall–Kier alpha value is -4.67. The summed E-state index contributed by atoms with van der Waals surface area (Å²) in [5.74, 6) is -0.150. The molecule has 0 fully saturated rings. The van der Waals surface area contributed by atoms with Crippen LogP contribution in [0.15, 0.2) is 101 Å². The summed E-state index contributed by atoms with van der Waals surface area (Å²) in [6.07, 6.45) is -1.33. The van der Waals surface area contributed by atoms with E-state index in [1.165, 1.54) is 11.3 Å². The van der Waals surface area contributed by atoms with E-state index in [4.69, 9.17) is 9.15 Å². The van der Waals surface area contributed by atoms with Crippen LogP contribution in [-0.2, 0) is 4.79 Å². The summed E-state index contributed by atoms with van der Waals surface area (Å²) in [6.45, 7) is 0. The molecule has 5 aromatic rings. The standard InChI is InChI=1S/C28H18N2O4S/c29-17-21-20(24-14-13-23(33-24)18-8-3-1-4-9-18)16-22(25-12-7-15-35-25)30-27(21)34-26(28(31)32)19-10-5-2-6-11-19/h1-16,26H,(H,31,32). The molecule has 3 aromatic heterocycles. The van der Waals surface area contributed by atoms with Crippen molar-refractivity contribution < 1.29 is 19.1 Å². The number of aromatic nitrogens is 1. The zero-order valence-electron chi connectivity index (χ0n) is 18.3. The largest absolute Gasteiger partial charge is 0.478 e. The average molecular weight is 479 g/mol. The first-order valence-corrected chi connectivity index (χ1v) is 11.6. The highest BCUT2D eigenvalue weighted by Gasteiger charge is 2.27. The maximum atomic E-state index is 12.1. The van der Waals surface area contributed by atoms with Crippen LogP contribution in [0.3, 0.4) is 0 Å². The quantitative estimate of drug-likeness (QED) is 0.276. The predicted octanol–water partition coefficient (Wildman–Crippen LogP) is 6.81. The summed E-state index contributed by atoms with van der Waals surface area (Å²) in [5, 5.41) is 21.9. The third-order valence-electron chi connectivity index (χ3n) is 5.36. The van der Waals surface area contributed by atoms with Gasteiger partial charge in [0, 0.05) is 16.7 Å². The molecule has 2 aromatic carbocycles. The number of carbonyl (C=O) groups is 1. The van der Waals surface area contributed by atoms with Crippen molar-refractivity contribution in [1.29, 1.82) is 5.26 Å². The predicted molar refractivity (Wildman–Crippen MR) is 133 cm³/mol. The molecule has 1 N–H and O–H groups in total. The van der Waals surface area contributed by atoms with Gasteiger partial charge in [0.05, 0.1) is 10.6 Å². The van der Waals surface area contributed by atoms with Crippen LogP contribution in [0.2, 0.25) is 0 Å². The van der Waals surface area contributed by atoms with Gasteiger partial charge in [0.25, 0.3) is 0 Å². The molecule has 170 valence electrons.